The van der Waals surface area contributed by atoms with Gasteiger partial charge in [-0.1, -0.05) is 25.1 Å². The second-order valence-electron chi connectivity index (χ2n) is 6.30. The molecule has 1 aromatic carbocycles. The maximum atomic E-state index is 6.08. The topological polar surface area (TPSA) is 44.2 Å². The number of aryl methyl sites for hydroxylation is 3. The van der Waals surface area contributed by atoms with E-state index in [9.17, 15) is 0 Å². The van der Waals surface area contributed by atoms with Crippen molar-refractivity contribution in [2.24, 2.45) is 0 Å². The van der Waals surface area contributed by atoms with Crippen molar-refractivity contribution in [3.05, 3.63) is 52.0 Å². The van der Waals surface area contributed by atoms with Crippen molar-refractivity contribution >= 4 is 0 Å². The van der Waals surface area contributed by atoms with E-state index in [0.717, 1.165) is 29.9 Å². The van der Waals surface area contributed by atoms with Gasteiger partial charge in [-0.05, 0) is 50.8 Å². The fraction of sp³-hybridized carbons (Fsp3) is 0.500. The SMILES string of the molecule is CCC(COC)Oc1nc(C)nc(Cc2c(C)cccc2C)c1C. The molecule has 0 bridgehead atoms. The number of nitrogens with zero attached hydrogens (tertiary/aromatic N) is 2. The van der Waals surface area contributed by atoms with Crippen molar-refractivity contribution in [2.45, 2.75) is 53.6 Å². The second-order valence-corrected chi connectivity index (χ2v) is 6.30. The van der Waals surface area contributed by atoms with Gasteiger partial charge in [0.2, 0.25) is 5.88 Å². The van der Waals surface area contributed by atoms with E-state index in [4.69, 9.17) is 9.47 Å². The Hall–Kier alpha value is -1.94. The first-order valence-corrected chi connectivity index (χ1v) is 8.51. The Kier molecular flexibility index (Phi) is 6.32. The predicted octanol–water partition coefficient (Wildman–Crippen LogP) is 4.10. The summed E-state index contributed by atoms with van der Waals surface area (Å²) in [6.45, 7) is 10.9. The van der Waals surface area contributed by atoms with Gasteiger partial charge in [0.25, 0.3) is 0 Å². The summed E-state index contributed by atoms with van der Waals surface area (Å²) in [5.41, 5.74) is 5.95. The van der Waals surface area contributed by atoms with Crippen molar-refractivity contribution in [3.8, 4) is 5.88 Å². The summed E-state index contributed by atoms with van der Waals surface area (Å²) < 4.78 is 11.3. The summed E-state index contributed by atoms with van der Waals surface area (Å²) in [4.78, 5) is 9.17. The smallest absolute Gasteiger partial charge is 0.220 e. The summed E-state index contributed by atoms with van der Waals surface area (Å²) >= 11 is 0. The Balaban J connectivity index is 2.34. The molecule has 0 aliphatic carbocycles. The lowest BCUT2D eigenvalue weighted by molar-refractivity contribution is 0.0748. The Morgan fingerprint density at radius 3 is 2.29 bits per heavy atom. The van der Waals surface area contributed by atoms with Gasteiger partial charge in [0, 0.05) is 19.1 Å². The highest BCUT2D eigenvalue weighted by Gasteiger charge is 2.16. The first kappa shape index (κ1) is 18.4. The summed E-state index contributed by atoms with van der Waals surface area (Å²) in [6, 6.07) is 6.39. The normalized spacial score (nSPS) is 12.2. The zero-order chi connectivity index (χ0) is 17.7. The minimum absolute atomic E-state index is 0.0102. The molecule has 1 aromatic heterocycles. The average Bonchev–Trinajstić information content (AvgIpc) is 2.54. The molecule has 1 heterocycles. The number of rotatable bonds is 7. The lowest BCUT2D eigenvalue weighted by Crippen LogP contribution is -2.23. The van der Waals surface area contributed by atoms with Crippen molar-refractivity contribution in [3.63, 3.8) is 0 Å². The molecule has 0 aliphatic rings. The third kappa shape index (κ3) is 4.32. The van der Waals surface area contributed by atoms with Crippen LogP contribution in [-0.4, -0.2) is 29.8 Å². The van der Waals surface area contributed by atoms with E-state index >= 15 is 0 Å². The molecule has 0 amide bonds. The molecule has 0 N–H and O–H groups in total. The van der Waals surface area contributed by atoms with Gasteiger partial charge < -0.3 is 9.47 Å². The number of aromatic nitrogens is 2. The number of benzene rings is 1. The molecule has 1 atom stereocenters. The van der Waals surface area contributed by atoms with Crippen LogP contribution in [0.3, 0.4) is 0 Å². The van der Waals surface area contributed by atoms with Gasteiger partial charge in [0.1, 0.15) is 11.9 Å². The highest BCUT2D eigenvalue weighted by Crippen LogP contribution is 2.24. The first-order valence-electron chi connectivity index (χ1n) is 8.51. The van der Waals surface area contributed by atoms with Crippen LogP contribution in [0.5, 0.6) is 5.88 Å². The monoisotopic (exact) mass is 328 g/mol. The average molecular weight is 328 g/mol. The lowest BCUT2D eigenvalue weighted by Gasteiger charge is -2.19. The quantitative estimate of drug-likeness (QED) is 0.767. The minimum Gasteiger partial charge on any atom is -0.472 e. The highest BCUT2D eigenvalue weighted by atomic mass is 16.5. The van der Waals surface area contributed by atoms with E-state index in [1.165, 1.54) is 16.7 Å². The van der Waals surface area contributed by atoms with Crippen LogP contribution in [0.4, 0.5) is 0 Å². The fourth-order valence-electron chi connectivity index (χ4n) is 2.82. The van der Waals surface area contributed by atoms with E-state index in [-0.39, 0.29) is 6.10 Å². The van der Waals surface area contributed by atoms with Crippen LogP contribution in [0.15, 0.2) is 18.2 Å². The van der Waals surface area contributed by atoms with Gasteiger partial charge in [-0.3, -0.25) is 0 Å². The van der Waals surface area contributed by atoms with Crippen LogP contribution in [0.1, 0.15) is 47.1 Å². The third-order valence-electron chi connectivity index (χ3n) is 4.39. The highest BCUT2D eigenvalue weighted by molar-refractivity contribution is 5.40. The summed E-state index contributed by atoms with van der Waals surface area (Å²) in [6.07, 6.45) is 1.68. The lowest BCUT2D eigenvalue weighted by atomic mass is 9.97. The van der Waals surface area contributed by atoms with E-state index < -0.39 is 0 Å². The fourth-order valence-corrected chi connectivity index (χ4v) is 2.82. The van der Waals surface area contributed by atoms with E-state index in [1.54, 1.807) is 7.11 Å². The molecule has 0 saturated heterocycles. The molecule has 1 unspecified atom stereocenters. The molecular formula is C20H28N2O2. The molecule has 4 heteroatoms. The maximum Gasteiger partial charge on any atom is 0.220 e. The van der Waals surface area contributed by atoms with E-state index in [1.807, 2.05) is 13.8 Å². The maximum absolute atomic E-state index is 6.08. The molecule has 0 aliphatic heterocycles. The zero-order valence-corrected chi connectivity index (χ0v) is 15.6. The molecule has 0 spiro atoms. The largest absolute Gasteiger partial charge is 0.472 e. The van der Waals surface area contributed by atoms with Gasteiger partial charge >= 0.3 is 0 Å². The molecule has 0 saturated carbocycles. The first-order chi connectivity index (χ1) is 11.5. The van der Waals surface area contributed by atoms with Gasteiger partial charge in [-0.2, -0.15) is 4.98 Å². The molecule has 2 rings (SSSR count). The van der Waals surface area contributed by atoms with Crippen LogP contribution in [0.25, 0.3) is 0 Å². The van der Waals surface area contributed by atoms with E-state index in [0.29, 0.717) is 12.5 Å². The molecule has 0 fully saturated rings. The Bertz CT molecular complexity index is 678. The number of hydrogen-bond donors (Lipinski definition) is 0. The van der Waals surface area contributed by atoms with Gasteiger partial charge in [-0.15, -0.1) is 0 Å². The van der Waals surface area contributed by atoms with Crippen LogP contribution in [-0.2, 0) is 11.2 Å². The van der Waals surface area contributed by atoms with Crippen LogP contribution >= 0.6 is 0 Å². The molecule has 4 nitrogen and oxygen atoms in total. The van der Waals surface area contributed by atoms with E-state index in [2.05, 4.69) is 48.9 Å². The van der Waals surface area contributed by atoms with Crippen molar-refractivity contribution in [2.75, 3.05) is 13.7 Å². The Morgan fingerprint density at radius 2 is 1.71 bits per heavy atom. The molecular weight excluding hydrogens is 300 g/mol. The Labute approximate surface area is 145 Å². The van der Waals surface area contributed by atoms with Gasteiger partial charge in [-0.25, -0.2) is 4.98 Å². The third-order valence-corrected chi connectivity index (χ3v) is 4.39. The van der Waals surface area contributed by atoms with Gasteiger partial charge in [0.05, 0.1) is 12.3 Å². The molecule has 2 aromatic rings. The summed E-state index contributed by atoms with van der Waals surface area (Å²) in [5, 5.41) is 0. The van der Waals surface area contributed by atoms with Crippen LogP contribution < -0.4 is 4.74 Å². The number of ether oxygens (including phenoxy) is 2. The standard InChI is InChI=1S/C20H28N2O2/c1-7-17(12-23-6)24-20-15(4)19(21-16(5)22-20)11-18-13(2)9-8-10-14(18)3/h8-10,17H,7,11-12H2,1-6H3. The predicted molar refractivity (Wildman–Crippen MR) is 96.8 cm³/mol. The molecule has 24 heavy (non-hydrogen) atoms. The van der Waals surface area contributed by atoms with Crippen LogP contribution in [0, 0.1) is 27.7 Å². The molecule has 130 valence electrons. The van der Waals surface area contributed by atoms with Crippen molar-refractivity contribution in [1.29, 1.82) is 0 Å². The van der Waals surface area contributed by atoms with Crippen molar-refractivity contribution < 1.29 is 9.47 Å². The minimum atomic E-state index is 0.0102. The molecule has 0 radical (unpaired) electrons. The second kappa shape index (κ2) is 8.25. The number of methoxy groups -OCH3 is 1. The Morgan fingerprint density at radius 1 is 1.04 bits per heavy atom. The summed E-state index contributed by atoms with van der Waals surface area (Å²) in [7, 11) is 1.69. The van der Waals surface area contributed by atoms with Crippen LogP contribution in [0.2, 0.25) is 0 Å². The van der Waals surface area contributed by atoms with Gasteiger partial charge in [0.15, 0.2) is 0 Å². The van der Waals surface area contributed by atoms with Crippen molar-refractivity contribution in [1.82, 2.24) is 9.97 Å². The number of hydrogen-bond acceptors (Lipinski definition) is 4. The zero-order valence-electron chi connectivity index (χ0n) is 15.6. The summed E-state index contributed by atoms with van der Waals surface area (Å²) in [5.74, 6) is 1.41.